The highest BCUT2D eigenvalue weighted by molar-refractivity contribution is 5.93. The van der Waals surface area contributed by atoms with Gasteiger partial charge in [0.25, 0.3) is 5.76 Å². The van der Waals surface area contributed by atoms with E-state index in [9.17, 15) is 4.79 Å². The summed E-state index contributed by atoms with van der Waals surface area (Å²) in [6.45, 7) is 1.89. The van der Waals surface area contributed by atoms with Gasteiger partial charge in [0.05, 0.1) is 18.9 Å². The number of nitrogens with zero attached hydrogens (tertiary/aromatic N) is 1. The smallest absolute Gasteiger partial charge is 0.375 e. The van der Waals surface area contributed by atoms with Crippen LogP contribution in [0.2, 0.25) is 0 Å². The third kappa shape index (κ3) is 1.87. The van der Waals surface area contributed by atoms with Crippen molar-refractivity contribution in [3.8, 4) is 16.9 Å². The van der Waals surface area contributed by atoms with E-state index < -0.39 is 5.97 Å². The van der Waals surface area contributed by atoms with Gasteiger partial charge >= 0.3 is 5.97 Å². The highest BCUT2D eigenvalue weighted by atomic mass is 16.5. The van der Waals surface area contributed by atoms with Crippen molar-refractivity contribution in [2.75, 3.05) is 7.11 Å². The SMILES string of the molecule is COc1c(C)cccc1-c1cnoc1C(=O)O. The summed E-state index contributed by atoms with van der Waals surface area (Å²) in [6.07, 6.45) is 1.38. The van der Waals surface area contributed by atoms with Crippen LogP contribution in [-0.2, 0) is 0 Å². The van der Waals surface area contributed by atoms with Gasteiger partial charge in [-0.1, -0.05) is 23.4 Å². The Morgan fingerprint density at radius 1 is 1.41 bits per heavy atom. The van der Waals surface area contributed by atoms with Crippen molar-refractivity contribution < 1.29 is 19.2 Å². The van der Waals surface area contributed by atoms with Gasteiger partial charge in [-0.15, -0.1) is 0 Å². The maximum Gasteiger partial charge on any atom is 0.375 e. The number of hydrogen-bond acceptors (Lipinski definition) is 4. The lowest BCUT2D eigenvalue weighted by atomic mass is 10.0. The summed E-state index contributed by atoms with van der Waals surface area (Å²) in [4.78, 5) is 11.0. The number of hydrogen-bond donors (Lipinski definition) is 1. The molecule has 5 nitrogen and oxygen atoms in total. The van der Waals surface area contributed by atoms with Crippen LogP contribution < -0.4 is 4.74 Å². The van der Waals surface area contributed by atoms with Gasteiger partial charge in [0.1, 0.15) is 5.75 Å². The number of para-hydroxylation sites is 1. The van der Waals surface area contributed by atoms with Gasteiger partial charge in [-0.25, -0.2) is 4.79 Å². The Kier molecular flexibility index (Phi) is 2.82. The molecule has 0 spiro atoms. The van der Waals surface area contributed by atoms with Gasteiger partial charge in [-0.05, 0) is 12.5 Å². The number of rotatable bonds is 3. The predicted molar refractivity (Wildman–Crippen MR) is 60.2 cm³/mol. The standard InChI is InChI=1S/C12H11NO4/c1-7-4-3-5-8(10(7)16-2)9-6-13-17-11(9)12(14)15/h3-6H,1-2H3,(H,14,15). The molecular formula is C12H11NO4. The van der Waals surface area contributed by atoms with Crippen molar-refractivity contribution in [3.05, 3.63) is 35.7 Å². The number of aromatic nitrogens is 1. The van der Waals surface area contributed by atoms with Gasteiger partial charge < -0.3 is 14.4 Å². The van der Waals surface area contributed by atoms with Crippen molar-refractivity contribution in [3.63, 3.8) is 0 Å². The first-order valence-corrected chi connectivity index (χ1v) is 4.97. The molecule has 0 radical (unpaired) electrons. The van der Waals surface area contributed by atoms with E-state index in [-0.39, 0.29) is 5.76 Å². The summed E-state index contributed by atoms with van der Waals surface area (Å²) in [7, 11) is 1.54. The van der Waals surface area contributed by atoms with E-state index in [0.29, 0.717) is 16.9 Å². The van der Waals surface area contributed by atoms with Gasteiger partial charge in [0.15, 0.2) is 0 Å². The third-order valence-electron chi connectivity index (χ3n) is 2.47. The predicted octanol–water partition coefficient (Wildman–Crippen LogP) is 2.36. The molecule has 0 fully saturated rings. The summed E-state index contributed by atoms with van der Waals surface area (Å²) in [5.41, 5.74) is 1.99. The summed E-state index contributed by atoms with van der Waals surface area (Å²) in [5.74, 6) is -0.715. The monoisotopic (exact) mass is 233 g/mol. The van der Waals surface area contributed by atoms with Gasteiger partial charge in [-0.3, -0.25) is 0 Å². The first-order valence-electron chi connectivity index (χ1n) is 4.97. The summed E-state index contributed by atoms with van der Waals surface area (Å²) in [5, 5.41) is 12.5. The van der Waals surface area contributed by atoms with Crippen LogP contribution in [0, 0.1) is 6.92 Å². The molecule has 2 rings (SSSR count). The number of ether oxygens (including phenoxy) is 1. The van der Waals surface area contributed by atoms with Crippen molar-refractivity contribution in [1.82, 2.24) is 5.16 Å². The van der Waals surface area contributed by atoms with Crippen LogP contribution >= 0.6 is 0 Å². The third-order valence-corrected chi connectivity index (χ3v) is 2.47. The van der Waals surface area contributed by atoms with Crippen LogP contribution in [0.15, 0.2) is 28.9 Å². The van der Waals surface area contributed by atoms with E-state index in [1.165, 1.54) is 6.20 Å². The van der Waals surface area contributed by atoms with Crippen molar-refractivity contribution in [2.24, 2.45) is 0 Å². The van der Waals surface area contributed by atoms with E-state index in [1.807, 2.05) is 19.1 Å². The molecule has 0 bridgehead atoms. The molecule has 1 heterocycles. The van der Waals surface area contributed by atoms with Crippen LogP contribution in [0.4, 0.5) is 0 Å². The first kappa shape index (κ1) is 11.2. The molecule has 0 atom stereocenters. The van der Waals surface area contributed by atoms with E-state index >= 15 is 0 Å². The Morgan fingerprint density at radius 3 is 2.82 bits per heavy atom. The Bertz CT molecular complexity index is 559. The second-order valence-corrected chi connectivity index (χ2v) is 3.53. The Balaban J connectivity index is 2.64. The summed E-state index contributed by atoms with van der Waals surface area (Å²) < 4.78 is 9.99. The lowest BCUT2D eigenvalue weighted by Gasteiger charge is -2.09. The average molecular weight is 233 g/mol. The molecule has 5 heteroatoms. The Morgan fingerprint density at radius 2 is 2.18 bits per heavy atom. The molecule has 0 unspecified atom stereocenters. The molecule has 0 saturated carbocycles. The van der Waals surface area contributed by atoms with Crippen LogP contribution in [0.3, 0.4) is 0 Å². The van der Waals surface area contributed by atoms with Gasteiger partial charge in [-0.2, -0.15) is 0 Å². The quantitative estimate of drug-likeness (QED) is 0.880. The number of carbonyl (C=O) groups is 1. The number of carboxylic acids is 1. The highest BCUT2D eigenvalue weighted by Crippen LogP contribution is 2.34. The minimum Gasteiger partial charge on any atom is -0.496 e. The fourth-order valence-electron chi connectivity index (χ4n) is 1.72. The first-order chi connectivity index (χ1) is 8.15. The molecule has 88 valence electrons. The van der Waals surface area contributed by atoms with Gasteiger partial charge in [0.2, 0.25) is 0 Å². The number of aryl methyl sites for hydroxylation is 1. The number of aromatic carboxylic acids is 1. The number of benzene rings is 1. The second-order valence-electron chi connectivity index (χ2n) is 3.53. The number of methoxy groups -OCH3 is 1. The van der Waals surface area contributed by atoms with Crippen LogP contribution in [0.25, 0.3) is 11.1 Å². The zero-order chi connectivity index (χ0) is 12.4. The fraction of sp³-hybridized carbons (Fsp3) is 0.167. The Labute approximate surface area is 97.6 Å². The largest absolute Gasteiger partial charge is 0.496 e. The maximum absolute atomic E-state index is 11.0. The molecule has 1 aromatic heterocycles. The van der Waals surface area contributed by atoms with Gasteiger partial charge in [0, 0.05) is 5.56 Å². The molecule has 0 aliphatic heterocycles. The van der Waals surface area contributed by atoms with Crippen molar-refractivity contribution >= 4 is 5.97 Å². The minimum atomic E-state index is -1.15. The lowest BCUT2D eigenvalue weighted by molar-refractivity contribution is 0.0653. The Hall–Kier alpha value is -2.30. The molecule has 1 aromatic carbocycles. The molecular weight excluding hydrogens is 222 g/mol. The van der Waals surface area contributed by atoms with Crippen molar-refractivity contribution in [2.45, 2.75) is 6.92 Å². The molecule has 17 heavy (non-hydrogen) atoms. The fourth-order valence-corrected chi connectivity index (χ4v) is 1.72. The zero-order valence-electron chi connectivity index (χ0n) is 9.43. The molecule has 0 saturated heterocycles. The molecule has 0 aliphatic rings. The summed E-state index contributed by atoms with van der Waals surface area (Å²) in [6, 6.07) is 5.48. The molecule has 0 aliphatic carbocycles. The van der Waals surface area contributed by atoms with E-state index in [1.54, 1.807) is 13.2 Å². The second kappa shape index (κ2) is 4.29. The summed E-state index contributed by atoms with van der Waals surface area (Å²) >= 11 is 0. The minimum absolute atomic E-state index is 0.186. The van der Waals surface area contributed by atoms with Crippen molar-refractivity contribution in [1.29, 1.82) is 0 Å². The molecule has 1 N–H and O–H groups in total. The number of carboxylic acid groups (broad SMARTS) is 1. The molecule has 2 aromatic rings. The van der Waals surface area contributed by atoms with Crippen LogP contribution in [0.5, 0.6) is 5.75 Å². The van der Waals surface area contributed by atoms with E-state index in [4.69, 9.17) is 14.4 Å². The molecule has 0 amide bonds. The van der Waals surface area contributed by atoms with Crippen LogP contribution in [-0.4, -0.2) is 23.3 Å². The van der Waals surface area contributed by atoms with E-state index in [2.05, 4.69) is 5.16 Å². The topological polar surface area (TPSA) is 72.6 Å². The van der Waals surface area contributed by atoms with Crippen LogP contribution in [0.1, 0.15) is 16.1 Å². The maximum atomic E-state index is 11.0. The normalized spacial score (nSPS) is 10.2. The van der Waals surface area contributed by atoms with E-state index in [0.717, 1.165) is 5.56 Å². The lowest BCUT2D eigenvalue weighted by Crippen LogP contribution is -1.98. The highest BCUT2D eigenvalue weighted by Gasteiger charge is 2.20. The average Bonchev–Trinajstić information content (AvgIpc) is 2.77. The zero-order valence-corrected chi connectivity index (χ0v) is 9.43.